The molecule has 0 saturated heterocycles. The maximum Gasteiger partial charge on any atom is 0.266 e. The van der Waals surface area contributed by atoms with E-state index in [2.05, 4.69) is 20.1 Å². The second kappa shape index (κ2) is 9.14. The van der Waals surface area contributed by atoms with Gasteiger partial charge < -0.3 is 20.7 Å². The van der Waals surface area contributed by atoms with Crippen molar-refractivity contribution in [3.63, 3.8) is 0 Å². The number of thioether (sulfide) groups is 1. The van der Waals surface area contributed by atoms with Gasteiger partial charge in [-0.2, -0.15) is 10.5 Å². The van der Waals surface area contributed by atoms with Crippen LogP contribution in [-0.2, 0) is 11.8 Å². The van der Waals surface area contributed by atoms with Crippen LogP contribution in [0.1, 0.15) is 23.6 Å². The van der Waals surface area contributed by atoms with E-state index in [9.17, 15) is 20.4 Å². The number of nitrogen functional groups attached to an aromatic ring is 1. The van der Waals surface area contributed by atoms with E-state index in [0.29, 0.717) is 10.7 Å². The summed E-state index contributed by atoms with van der Waals surface area (Å²) in [5, 5.41) is 37.7. The topological polar surface area (TPSA) is 169 Å². The standard InChI is InChI=1S/C20H16ClN7O3S/c1-9-4-5-11(21)6-14(9)25-18(29)10(2)32-19-13(8-23)15(12(7-22)17(24)26-19)16-20(30)31-27-28(16)3/h4-6,10H,1-3H3,(H3-,24,25,26,27,29,30). The molecular weight excluding hydrogens is 454 g/mol. The molecule has 1 unspecified atom stereocenters. The van der Waals surface area contributed by atoms with Gasteiger partial charge in [0.1, 0.15) is 28.5 Å². The number of nitrogens with two attached hydrogens (primary N) is 1. The summed E-state index contributed by atoms with van der Waals surface area (Å²) in [5.41, 5.74) is 6.90. The predicted molar refractivity (Wildman–Crippen MR) is 114 cm³/mol. The van der Waals surface area contributed by atoms with Crippen LogP contribution < -0.4 is 20.8 Å². The molecule has 0 fully saturated rings. The lowest BCUT2D eigenvalue weighted by Crippen LogP contribution is -2.32. The molecule has 0 spiro atoms. The van der Waals surface area contributed by atoms with Gasteiger partial charge in [0.05, 0.1) is 21.6 Å². The van der Waals surface area contributed by atoms with Crippen molar-refractivity contribution in [2.24, 2.45) is 7.05 Å². The first kappa shape index (κ1) is 22.9. The molecule has 0 radical (unpaired) electrons. The quantitative estimate of drug-likeness (QED) is 0.419. The van der Waals surface area contributed by atoms with Gasteiger partial charge in [-0.25, -0.2) is 4.98 Å². The minimum absolute atomic E-state index is 0.0444. The van der Waals surface area contributed by atoms with Crippen LogP contribution in [0.2, 0.25) is 5.02 Å². The van der Waals surface area contributed by atoms with Crippen LogP contribution in [0, 0.1) is 29.6 Å². The molecule has 2 aromatic heterocycles. The van der Waals surface area contributed by atoms with Crippen molar-refractivity contribution in [3.8, 4) is 29.3 Å². The van der Waals surface area contributed by atoms with Crippen LogP contribution in [0.4, 0.5) is 11.5 Å². The van der Waals surface area contributed by atoms with E-state index in [1.807, 2.05) is 19.1 Å². The van der Waals surface area contributed by atoms with Crippen molar-refractivity contribution in [3.05, 3.63) is 39.9 Å². The Balaban J connectivity index is 2.02. The number of amides is 1. The number of benzene rings is 1. The number of aromatic nitrogens is 3. The van der Waals surface area contributed by atoms with Gasteiger partial charge in [-0.3, -0.25) is 4.79 Å². The molecule has 10 nitrogen and oxygen atoms in total. The highest BCUT2D eigenvalue weighted by Gasteiger charge is 2.30. The maximum atomic E-state index is 12.8. The van der Waals surface area contributed by atoms with Crippen molar-refractivity contribution >= 4 is 40.8 Å². The van der Waals surface area contributed by atoms with Crippen molar-refractivity contribution < 1.29 is 19.1 Å². The number of rotatable bonds is 5. The number of hydrogen-bond acceptors (Lipinski definition) is 9. The minimum atomic E-state index is -0.843. The Morgan fingerprint density at radius 3 is 2.66 bits per heavy atom. The predicted octanol–water partition coefficient (Wildman–Crippen LogP) is 2.04. The highest BCUT2D eigenvalue weighted by Crippen LogP contribution is 2.38. The largest absolute Gasteiger partial charge is 0.539 e. The molecule has 2 heterocycles. The van der Waals surface area contributed by atoms with Gasteiger partial charge in [0.2, 0.25) is 5.91 Å². The van der Waals surface area contributed by atoms with E-state index in [4.69, 9.17) is 17.3 Å². The zero-order valence-electron chi connectivity index (χ0n) is 17.1. The number of nitrogens with one attached hydrogen (secondary N) is 1. The molecule has 0 aliphatic heterocycles. The molecule has 0 bridgehead atoms. The summed E-state index contributed by atoms with van der Waals surface area (Å²) in [6.07, 6.45) is 0. The van der Waals surface area contributed by atoms with Crippen molar-refractivity contribution in [1.82, 2.24) is 10.3 Å². The summed E-state index contributed by atoms with van der Waals surface area (Å²) < 4.78 is 5.73. The molecular formula is C20H16ClN7O3S. The lowest BCUT2D eigenvalue weighted by Gasteiger charge is -2.15. The lowest BCUT2D eigenvalue weighted by molar-refractivity contribution is -0.730. The van der Waals surface area contributed by atoms with E-state index >= 15 is 0 Å². The Hall–Kier alpha value is -3.80. The van der Waals surface area contributed by atoms with Crippen LogP contribution in [0.3, 0.4) is 0 Å². The second-order valence-electron chi connectivity index (χ2n) is 6.69. The molecule has 0 aliphatic carbocycles. The highest BCUT2D eigenvalue weighted by atomic mass is 35.5. The first-order chi connectivity index (χ1) is 15.2. The fourth-order valence-corrected chi connectivity index (χ4v) is 3.97. The molecule has 3 N–H and O–H groups in total. The third-order valence-corrected chi connectivity index (χ3v) is 5.85. The highest BCUT2D eigenvalue weighted by molar-refractivity contribution is 8.00. The van der Waals surface area contributed by atoms with Crippen molar-refractivity contribution in [2.45, 2.75) is 24.1 Å². The van der Waals surface area contributed by atoms with E-state index < -0.39 is 11.2 Å². The Morgan fingerprint density at radius 2 is 2.06 bits per heavy atom. The third kappa shape index (κ3) is 4.30. The number of nitrogens with zero attached hydrogens (tertiary/aromatic N) is 5. The van der Waals surface area contributed by atoms with Gasteiger partial charge >= 0.3 is 0 Å². The number of carbonyl (C=O) groups is 1. The zero-order chi connectivity index (χ0) is 23.6. The van der Waals surface area contributed by atoms with Crippen molar-refractivity contribution in [2.75, 3.05) is 11.1 Å². The molecule has 1 amide bonds. The maximum absolute atomic E-state index is 12.8. The van der Waals surface area contributed by atoms with Crippen LogP contribution in [0.5, 0.6) is 5.95 Å². The van der Waals surface area contributed by atoms with Crippen LogP contribution >= 0.6 is 23.4 Å². The second-order valence-corrected chi connectivity index (χ2v) is 8.46. The first-order valence-electron chi connectivity index (χ1n) is 9.08. The zero-order valence-corrected chi connectivity index (χ0v) is 18.7. The number of hydrogen-bond donors (Lipinski definition) is 2. The van der Waals surface area contributed by atoms with Gasteiger partial charge in [-0.05, 0) is 31.5 Å². The summed E-state index contributed by atoms with van der Waals surface area (Å²) in [5.74, 6) is -1.40. The Bertz CT molecular complexity index is 1290. The average Bonchev–Trinajstić information content (AvgIpc) is 3.07. The molecule has 1 aromatic carbocycles. The molecule has 3 aromatic rings. The fraction of sp³-hybridized carbons (Fsp3) is 0.200. The first-order valence-corrected chi connectivity index (χ1v) is 10.3. The summed E-state index contributed by atoms with van der Waals surface area (Å²) in [7, 11) is 1.43. The lowest BCUT2D eigenvalue weighted by atomic mass is 10.0. The smallest absolute Gasteiger partial charge is 0.266 e. The van der Waals surface area contributed by atoms with Crippen LogP contribution in [0.25, 0.3) is 11.3 Å². The molecule has 12 heteroatoms. The molecule has 3 rings (SSSR count). The number of anilines is 2. The Labute approximate surface area is 192 Å². The average molecular weight is 470 g/mol. The molecule has 162 valence electrons. The number of halogens is 1. The number of aryl methyl sites for hydroxylation is 2. The molecule has 1 atom stereocenters. The minimum Gasteiger partial charge on any atom is -0.539 e. The molecule has 32 heavy (non-hydrogen) atoms. The summed E-state index contributed by atoms with van der Waals surface area (Å²) in [6, 6.07) is 8.94. The Morgan fingerprint density at radius 1 is 1.38 bits per heavy atom. The van der Waals surface area contributed by atoms with E-state index in [1.165, 1.54) is 7.05 Å². The van der Waals surface area contributed by atoms with Gasteiger partial charge in [-0.1, -0.05) is 34.1 Å². The van der Waals surface area contributed by atoms with E-state index in [1.54, 1.807) is 25.1 Å². The normalized spacial score (nSPS) is 11.4. The van der Waals surface area contributed by atoms with Crippen molar-refractivity contribution in [1.29, 1.82) is 10.5 Å². The fourth-order valence-electron chi connectivity index (χ4n) is 2.88. The van der Waals surface area contributed by atoms with Gasteiger partial charge in [-0.15, -0.1) is 0 Å². The molecule has 0 saturated carbocycles. The van der Waals surface area contributed by atoms with Gasteiger partial charge in [0.25, 0.3) is 5.69 Å². The number of nitriles is 2. The SMILES string of the molecule is Cc1ccc(Cl)cc1NC(=O)C(C)Sc1nc(N)c(C#N)c(-c2c([O-])on[n+]2C)c1C#N. The summed E-state index contributed by atoms with van der Waals surface area (Å²) >= 11 is 6.96. The Kier molecular flexibility index (Phi) is 6.53. The third-order valence-electron chi connectivity index (χ3n) is 4.53. The van der Waals surface area contributed by atoms with Gasteiger partial charge in [0.15, 0.2) is 13.0 Å². The van der Waals surface area contributed by atoms with E-state index in [0.717, 1.165) is 22.0 Å². The van der Waals surface area contributed by atoms with E-state index in [-0.39, 0.29) is 39.1 Å². The monoisotopic (exact) mass is 469 g/mol. The number of pyridine rings is 1. The van der Waals surface area contributed by atoms with Gasteiger partial charge in [0, 0.05) is 10.7 Å². The van der Waals surface area contributed by atoms with Crippen LogP contribution in [-0.4, -0.2) is 21.4 Å². The number of carbonyl (C=O) groups excluding carboxylic acids is 1. The summed E-state index contributed by atoms with van der Waals surface area (Å²) in [6.45, 7) is 3.45. The summed E-state index contributed by atoms with van der Waals surface area (Å²) in [4.78, 5) is 16.9. The van der Waals surface area contributed by atoms with Crippen LogP contribution in [0.15, 0.2) is 27.7 Å². The molecule has 0 aliphatic rings.